The molecule has 0 aliphatic rings. The van der Waals surface area contributed by atoms with Gasteiger partial charge in [-0.1, -0.05) is 42.5 Å². The van der Waals surface area contributed by atoms with E-state index in [1.807, 2.05) is 54.6 Å². The molecule has 0 bridgehead atoms. The zero-order valence-corrected chi connectivity index (χ0v) is 14.6. The van der Waals surface area contributed by atoms with Crippen molar-refractivity contribution in [3.8, 4) is 5.75 Å². The van der Waals surface area contributed by atoms with Gasteiger partial charge < -0.3 is 15.4 Å². The molecule has 0 atom stereocenters. The number of rotatable bonds is 7. The lowest BCUT2D eigenvalue weighted by atomic mass is 10.2. The van der Waals surface area contributed by atoms with Crippen LogP contribution >= 0.6 is 0 Å². The number of amides is 1. The van der Waals surface area contributed by atoms with Gasteiger partial charge in [-0.25, -0.2) is 4.98 Å². The van der Waals surface area contributed by atoms with Gasteiger partial charge in [-0.05, 0) is 35.4 Å². The molecule has 0 aliphatic carbocycles. The Balaban J connectivity index is 1.51. The third-order valence-corrected chi connectivity index (χ3v) is 3.95. The van der Waals surface area contributed by atoms with Gasteiger partial charge in [0.15, 0.2) is 0 Å². The summed E-state index contributed by atoms with van der Waals surface area (Å²) in [5, 5.41) is 6.13. The van der Waals surface area contributed by atoms with Crippen LogP contribution in [0.5, 0.6) is 5.75 Å². The lowest BCUT2D eigenvalue weighted by molar-refractivity contribution is 0.0950. The summed E-state index contributed by atoms with van der Waals surface area (Å²) in [7, 11) is 1.65. The Bertz CT molecular complexity index is 831. The maximum Gasteiger partial charge on any atom is 0.253 e. The van der Waals surface area contributed by atoms with Crippen molar-refractivity contribution in [1.82, 2.24) is 10.3 Å². The molecule has 132 valence electrons. The summed E-state index contributed by atoms with van der Waals surface area (Å²) >= 11 is 0. The Morgan fingerprint density at radius 1 is 0.923 bits per heavy atom. The normalized spacial score (nSPS) is 10.2. The molecule has 0 saturated heterocycles. The van der Waals surface area contributed by atoms with Crippen LogP contribution in [0.2, 0.25) is 0 Å². The number of nitrogens with zero attached hydrogens (tertiary/aromatic N) is 1. The van der Waals surface area contributed by atoms with Crippen LogP contribution in [0.3, 0.4) is 0 Å². The number of hydrogen-bond donors (Lipinski definition) is 2. The Morgan fingerprint density at radius 2 is 1.65 bits per heavy atom. The first-order valence-corrected chi connectivity index (χ1v) is 8.39. The summed E-state index contributed by atoms with van der Waals surface area (Å²) in [6, 6.07) is 21.2. The second-order valence-corrected chi connectivity index (χ2v) is 5.80. The largest absolute Gasteiger partial charge is 0.497 e. The fraction of sp³-hybridized carbons (Fsp3) is 0.143. The summed E-state index contributed by atoms with van der Waals surface area (Å²) < 4.78 is 5.14. The van der Waals surface area contributed by atoms with Crippen LogP contribution < -0.4 is 15.4 Å². The summed E-state index contributed by atoms with van der Waals surface area (Å²) in [5.41, 5.74) is 2.72. The van der Waals surface area contributed by atoms with E-state index in [2.05, 4.69) is 15.6 Å². The number of carbonyl (C=O) groups excluding carboxylic acids is 1. The van der Waals surface area contributed by atoms with Gasteiger partial charge in [0, 0.05) is 19.3 Å². The van der Waals surface area contributed by atoms with E-state index >= 15 is 0 Å². The van der Waals surface area contributed by atoms with Gasteiger partial charge in [0.2, 0.25) is 0 Å². The van der Waals surface area contributed by atoms with Crippen LogP contribution in [-0.2, 0) is 13.1 Å². The van der Waals surface area contributed by atoms with Crippen molar-refractivity contribution in [2.45, 2.75) is 13.1 Å². The number of nitrogens with one attached hydrogen (secondary N) is 2. The van der Waals surface area contributed by atoms with Gasteiger partial charge in [0.05, 0.1) is 12.7 Å². The van der Waals surface area contributed by atoms with Crippen molar-refractivity contribution in [3.63, 3.8) is 0 Å². The monoisotopic (exact) mass is 347 g/mol. The molecule has 0 aliphatic heterocycles. The molecule has 1 aromatic heterocycles. The highest BCUT2D eigenvalue weighted by atomic mass is 16.5. The fourth-order valence-electron chi connectivity index (χ4n) is 2.45. The van der Waals surface area contributed by atoms with E-state index in [1.54, 1.807) is 25.4 Å². The number of methoxy groups -OCH3 is 1. The highest BCUT2D eigenvalue weighted by Gasteiger charge is 2.06. The van der Waals surface area contributed by atoms with Gasteiger partial charge >= 0.3 is 0 Å². The molecule has 3 aromatic rings. The first kappa shape index (κ1) is 17.5. The Morgan fingerprint density at radius 3 is 2.31 bits per heavy atom. The Kier molecular flexibility index (Phi) is 5.83. The number of benzene rings is 2. The highest BCUT2D eigenvalue weighted by Crippen LogP contribution is 2.13. The van der Waals surface area contributed by atoms with E-state index in [4.69, 9.17) is 4.74 Å². The molecule has 5 heteroatoms. The SMILES string of the molecule is COc1ccc(CNc2ccc(C(=O)NCc3ccccc3)cn2)cc1. The van der Waals surface area contributed by atoms with E-state index in [1.165, 1.54) is 0 Å². The van der Waals surface area contributed by atoms with Crippen molar-refractivity contribution >= 4 is 11.7 Å². The highest BCUT2D eigenvalue weighted by molar-refractivity contribution is 5.94. The van der Waals surface area contributed by atoms with Crippen LogP contribution in [-0.4, -0.2) is 18.0 Å². The maximum atomic E-state index is 12.2. The topological polar surface area (TPSA) is 63.2 Å². The Hall–Kier alpha value is -3.34. The number of carbonyl (C=O) groups is 1. The van der Waals surface area contributed by atoms with E-state index in [0.717, 1.165) is 22.7 Å². The number of hydrogen-bond acceptors (Lipinski definition) is 4. The zero-order chi connectivity index (χ0) is 18.2. The minimum absolute atomic E-state index is 0.136. The van der Waals surface area contributed by atoms with E-state index in [9.17, 15) is 4.79 Å². The van der Waals surface area contributed by atoms with E-state index in [0.29, 0.717) is 18.7 Å². The minimum Gasteiger partial charge on any atom is -0.497 e. The molecule has 26 heavy (non-hydrogen) atoms. The van der Waals surface area contributed by atoms with Crippen LogP contribution in [0.1, 0.15) is 21.5 Å². The first-order valence-electron chi connectivity index (χ1n) is 8.39. The fourth-order valence-corrected chi connectivity index (χ4v) is 2.45. The van der Waals surface area contributed by atoms with Crippen LogP contribution in [0.4, 0.5) is 5.82 Å². The van der Waals surface area contributed by atoms with Crippen LogP contribution in [0, 0.1) is 0 Å². The number of ether oxygens (including phenoxy) is 1. The molecule has 1 heterocycles. The molecule has 0 unspecified atom stereocenters. The molecule has 0 saturated carbocycles. The summed E-state index contributed by atoms with van der Waals surface area (Å²) in [4.78, 5) is 16.5. The third-order valence-electron chi connectivity index (χ3n) is 3.95. The van der Waals surface area contributed by atoms with Gasteiger partial charge in [0.1, 0.15) is 11.6 Å². The summed E-state index contributed by atoms with van der Waals surface area (Å²) in [6.07, 6.45) is 1.58. The average molecular weight is 347 g/mol. The third kappa shape index (κ3) is 4.83. The predicted octanol–water partition coefficient (Wildman–Crippen LogP) is 3.63. The van der Waals surface area contributed by atoms with Crippen molar-refractivity contribution in [3.05, 3.63) is 89.6 Å². The lowest BCUT2D eigenvalue weighted by Crippen LogP contribution is -2.22. The smallest absolute Gasteiger partial charge is 0.253 e. The predicted molar refractivity (Wildman–Crippen MR) is 102 cm³/mol. The van der Waals surface area contributed by atoms with Crippen LogP contribution in [0.15, 0.2) is 72.9 Å². The van der Waals surface area contributed by atoms with Gasteiger partial charge in [0.25, 0.3) is 5.91 Å². The van der Waals surface area contributed by atoms with E-state index in [-0.39, 0.29) is 5.91 Å². The van der Waals surface area contributed by atoms with Crippen molar-refractivity contribution < 1.29 is 9.53 Å². The van der Waals surface area contributed by atoms with Crippen molar-refractivity contribution in [2.24, 2.45) is 0 Å². The summed E-state index contributed by atoms with van der Waals surface area (Å²) in [6.45, 7) is 1.15. The molecular weight excluding hydrogens is 326 g/mol. The van der Waals surface area contributed by atoms with Gasteiger partial charge in [-0.15, -0.1) is 0 Å². The average Bonchev–Trinajstić information content (AvgIpc) is 2.72. The molecule has 2 aromatic carbocycles. The molecule has 0 fully saturated rings. The van der Waals surface area contributed by atoms with E-state index < -0.39 is 0 Å². The van der Waals surface area contributed by atoms with Crippen molar-refractivity contribution in [2.75, 3.05) is 12.4 Å². The molecule has 3 rings (SSSR count). The van der Waals surface area contributed by atoms with Gasteiger partial charge in [-0.2, -0.15) is 0 Å². The maximum absolute atomic E-state index is 12.2. The lowest BCUT2D eigenvalue weighted by Gasteiger charge is -2.08. The molecule has 5 nitrogen and oxygen atoms in total. The summed E-state index contributed by atoms with van der Waals surface area (Å²) in [5.74, 6) is 1.42. The number of aromatic nitrogens is 1. The molecule has 1 amide bonds. The first-order chi connectivity index (χ1) is 12.7. The van der Waals surface area contributed by atoms with Gasteiger partial charge in [-0.3, -0.25) is 4.79 Å². The Labute approximate surface area is 153 Å². The minimum atomic E-state index is -0.136. The number of pyridine rings is 1. The number of anilines is 1. The second kappa shape index (κ2) is 8.67. The quantitative estimate of drug-likeness (QED) is 0.685. The standard InChI is InChI=1S/C21H21N3O2/c1-26-19-10-7-17(8-11-19)13-22-20-12-9-18(15-23-20)21(25)24-14-16-5-3-2-4-6-16/h2-12,15H,13-14H2,1H3,(H,22,23)(H,24,25). The van der Waals surface area contributed by atoms with Crippen LogP contribution in [0.25, 0.3) is 0 Å². The molecule has 0 radical (unpaired) electrons. The molecular formula is C21H21N3O2. The van der Waals surface area contributed by atoms with Crippen molar-refractivity contribution in [1.29, 1.82) is 0 Å². The zero-order valence-electron chi connectivity index (χ0n) is 14.6. The molecule has 0 spiro atoms. The molecule has 2 N–H and O–H groups in total. The second-order valence-electron chi connectivity index (χ2n) is 5.80.